The van der Waals surface area contributed by atoms with Crippen LogP contribution in [0.15, 0.2) is 5.38 Å². The molecule has 14 heavy (non-hydrogen) atoms. The Morgan fingerprint density at radius 3 is 3.00 bits per heavy atom. The summed E-state index contributed by atoms with van der Waals surface area (Å²) in [6.45, 7) is 1.94. The molecule has 0 aliphatic rings. The molecule has 4 nitrogen and oxygen atoms in total. The number of ether oxygens (including phenoxy) is 1. The summed E-state index contributed by atoms with van der Waals surface area (Å²) in [5, 5.41) is 11.8. The minimum atomic E-state index is -0.631. The topological polar surface area (TPSA) is 59.4 Å². The number of nitrogens with zero attached hydrogens (tertiary/aromatic N) is 1. The second-order valence-corrected chi connectivity index (χ2v) is 3.81. The molecule has 1 N–H and O–H groups in total. The third-order valence-corrected chi connectivity index (χ3v) is 2.71. The number of aliphatic hydroxyl groups excluding tert-OH is 1. The lowest BCUT2D eigenvalue weighted by atomic mass is 10.3. The van der Waals surface area contributed by atoms with E-state index in [9.17, 15) is 9.90 Å². The van der Waals surface area contributed by atoms with E-state index >= 15 is 0 Å². The second-order valence-electron chi connectivity index (χ2n) is 2.92. The van der Waals surface area contributed by atoms with Gasteiger partial charge in [-0.3, -0.25) is 4.79 Å². The lowest BCUT2D eigenvalue weighted by Crippen LogP contribution is -2.02. The van der Waals surface area contributed by atoms with E-state index in [2.05, 4.69) is 4.98 Å². The van der Waals surface area contributed by atoms with Crippen LogP contribution in [0.4, 0.5) is 0 Å². The summed E-state index contributed by atoms with van der Waals surface area (Å²) in [6.07, 6.45) is -0.130. The predicted molar refractivity (Wildman–Crippen MR) is 53.6 cm³/mol. The molecule has 0 radical (unpaired) electrons. The molecule has 78 valence electrons. The van der Waals surface area contributed by atoms with E-state index in [4.69, 9.17) is 4.74 Å². The highest BCUT2D eigenvalue weighted by Crippen LogP contribution is 2.21. The van der Waals surface area contributed by atoms with Crippen molar-refractivity contribution in [2.24, 2.45) is 0 Å². The summed E-state index contributed by atoms with van der Waals surface area (Å²) in [5.41, 5.74) is 0.418. The lowest BCUT2D eigenvalue weighted by Gasteiger charge is -2.05. The van der Waals surface area contributed by atoms with Gasteiger partial charge in [0.1, 0.15) is 16.8 Å². The molecule has 1 heterocycles. The fraction of sp³-hybridized carbons (Fsp3) is 0.556. The third-order valence-electron chi connectivity index (χ3n) is 1.76. The Hall–Kier alpha value is -0.780. The average Bonchev–Trinajstić information content (AvgIpc) is 2.62. The minimum absolute atomic E-state index is 0.0774. The van der Waals surface area contributed by atoms with Gasteiger partial charge >= 0.3 is 0 Å². The molecule has 0 saturated carbocycles. The van der Waals surface area contributed by atoms with Crippen molar-refractivity contribution in [1.29, 1.82) is 0 Å². The number of carbonyl (C=O) groups excluding carboxylic acids is 1. The monoisotopic (exact) mass is 215 g/mol. The van der Waals surface area contributed by atoms with Crippen molar-refractivity contribution in [3.63, 3.8) is 0 Å². The Labute approximate surface area is 86.6 Å². The zero-order valence-electron chi connectivity index (χ0n) is 8.19. The van der Waals surface area contributed by atoms with Crippen molar-refractivity contribution in [2.45, 2.75) is 19.4 Å². The smallest absolute Gasteiger partial charge is 0.178 e. The largest absolute Gasteiger partial charge is 0.386 e. The number of thiazole rings is 1. The summed E-state index contributed by atoms with van der Waals surface area (Å²) in [6, 6.07) is 0. The van der Waals surface area contributed by atoms with E-state index < -0.39 is 6.10 Å². The van der Waals surface area contributed by atoms with Gasteiger partial charge in [-0.2, -0.15) is 0 Å². The molecule has 0 bridgehead atoms. The number of hydrogen-bond acceptors (Lipinski definition) is 5. The molecule has 5 heteroatoms. The van der Waals surface area contributed by atoms with Crippen molar-refractivity contribution in [2.75, 3.05) is 13.7 Å². The first-order valence-electron chi connectivity index (χ1n) is 4.28. The Morgan fingerprint density at radius 2 is 2.50 bits per heavy atom. The fourth-order valence-corrected chi connectivity index (χ4v) is 1.83. The van der Waals surface area contributed by atoms with Gasteiger partial charge in [-0.15, -0.1) is 11.3 Å². The highest BCUT2D eigenvalue weighted by Gasteiger charge is 2.13. The number of methoxy groups -OCH3 is 1. The van der Waals surface area contributed by atoms with Crippen LogP contribution in [0.1, 0.15) is 34.9 Å². The molecule has 0 amide bonds. The maximum absolute atomic E-state index is 10.9. The first-order valence-corrected chi connectivity index (χ1v) is 5.16. The zero-order chi connectivity index (χ0) is 10.6. The Balaban J connectivity index is 2.61. The summed E-state index contributed by atoms with van der Waals surface area (Å²) >= 11 is 1.30. The molecule has 0 saturated heterocycles. The number of ketones is 1. The first kappa shape index (κ1) is 11.3. The quantitative estimate of drug-likeness (QED) is 0.754. The molecule has 0 fully saturated rings. The normalized spacial score (nSPS) is 12.8. The van der Waals surface area contributed by atoms with E-state index in [1.54, 1.807) is 12.5 Å². The second kappa shape index (κ2) is 5.19. The molecule has 0 spiro atoms. The van der Waals surface area contributed by atoms with Crippen LogP contribution in [-0.2, 0) is 4.74 Å². The molecule has 1 aromatic heterocycles. The van der Waals surface area contributed by atoms with Crippen LogP contribution < -0.4 is 0 Å². The number of hydrogen-bond donors (Lipinski definition) is 1. The number of carbonyl (C=O) groups is 1. The number of aliphatic hydroxyl groups is 1. The van der Waals surface area contributed by atoms with Gasteiger partial charge in [0.2, 0.25) is 0 Å². The van der Waals surface area contributed by atoms with Crippen LogP contribution in [0.25, 0.3) is 0 Å². The summed E-state index contributed by atoms with van der Waals surface area (Å²) in [7, 11) is 1.58. The molecule has 1 unspecified atom stereocenters. The molecule has 0 aliphatic heterocycles. The Morgan fingerprint density at radius 1 is 1.79 bits per heavy atom. The maximum Gasteiger partial charge on any atom is 0.178 e. The maximum atomic E-state index is 10.9. The van der Waals surface area contributed by atoms with Crippen molar-refractivity contribution in [3.05, 3.63) is 16.1 Å². The molecule has 0 aliphatic carbocycles. The highest BCUT2D eigenvalue weighted by molar-refractivity contribution is 7.09. The standard InChI is InChI=1S/C9H13NO3S/c1-6(11)7-5-14-9(10-7)8(12)3-4-13-2/h5,8,12H,3-4H2,1-2H3. The molecule has 0 aromatic carbocycles. The van der Waals surface area contributed by atoms with E-state index in [0.29, 0.717) is 23.7 Å². The molecular weight excluding hydrogens is 202 g/mol. The zero-order valence-corrected chi connectivity index (χ0v) is 9.00. The Kier molecular flexibility index (Phi) is 4.19. The fourth-order valence-electron chi connectivity index (χ4n) is 0.955. The van der Waals surface area contributed by atoms with Crippen molar-refractivity contribution < 1.29 is 14.6 Å². The van der Waals surface area contributed by atoms with Gasteiger partial charge in [-0.1, -0.05) is 0 Å². The number of aromatic nitrogens is 1. The summed E-state index contributed by atoms with van der Waals surface area (Å²) in [4.78, 5) is 15.0. The van der Waals surface area contributed by atoms with Crippen LogP contribution in [0.2, 0.25) is 0 Å². The van der Waals surface area contributed by atoms with Gasteiger partial charge in [-0.25, -0.2) is 4.98 Å². The number of Topliss-reactive ketones (excluding diaryl/α,β-unsaturated/α-hetero) is 1. The molecule has 1 rings (SSSR count). The summed E-state index contributed by atoms with van der Waals surface area (Å²) in [5.74, 6) is -0.0774. The Bertz CT molecular complexity index is 311. The van der Waals surface area contributed by atoms with Crippen LogP contribution in [0.5, 0.6) is 0 Å². The van der Waals surface area contributed by atoms with Gasteiger partial charge in [-0.05, 0) is 0 Å². The van der Waals surface area contributed by atoms with E-state index in [0.717, 1.165) is 0 Å². The van der Waals surface area contributed by atoms with Crippen molar-refractivity contribution in [3.8, 4) is 0 Å². The van der Waals surface area contributed by atoms with E-state index in [1.807, 2.05) is 0 Å². The highest BCUT2D eigenvalue weighted by atomic mass is 32.1. The molecule has 1 atom stereocenters. The van der Waals surface area contributed by atoms with Gasteiger partial charge in [0, 0.05) is 32.4 Å². The lowest BCUT2D eigenvalue weighted by molar-refractivity contribution is 0.101. The van der Waals surface area contributed by atoms with Gasteiger partial charge < -0.3 is 9.84 Å². The molecule has 1 aromatic rings. The predicted octanol–water partition coefficient (Wildman–Crippen LogP) is 1.42. The van der Waals surface area contributed by atoms with Crippen LogP contribution >= 0.6 is 11.3 Å². The van der Waals surface area contributed by atoms with Crippen molar-refractivity contribution in [1.82, 2.24) is 4.98 Å². The molecular formula is C9H13NO3S. The van der Waals surface area contributed by atoms with Gasteiger partial charge in [0.25, 0.3) is 0 Å². The SMILES string of the molecule is COCCC(O)c1nc(C(C)=O)cs1. The average molecular weight is 215 g/mol. The van der Waals surface area contributed by atoms with Crippen molar-refractivity contribution >= 4 is 17.1 Å². The number of rotatable bonds is 5. The van der Waals surface area contributed by atoms with E-state index in [1.165, 1.54) is 18.3 Å². The summed E-state index contributed by atoms with van der Waals surface area (Å²) < 4.78 is 4.84. The van der Waals surface area contributed by atoms with Crippen LogP contribution in [0.3, 0.4) is 0 Å². The van der Waals surface area contributed by atoms with Gasteiger partial charge in [0.15, 0.2) is 5.78 Å². The van der Waals surface area contributed by atoms with Gasteiger partial charge in [0.05, 0.1) is 0 Å². The first-order chi connectivity index (χ1) is 6.65. The van der Waals surface area contributed by atoms with E-state index in [-0.39, 0.29) is 5.78 Å². The van der Waals surface area contributed by atoms with Crippen LogP contribution in [-0.4, -0.2) is 29.6 Å². The van der Waals surface area contributed by atoms with Crippen LogP contribution in [0, 0.1) is 0 Å². The minimum Gasteiger partial charge on any atom is -0.386 e. The third kappa shape index (κ3) is 2.87.